The molecule has 4 aromatic carbocycles. The standard InChI is InChI=1S/C29H25ClN6O3S/c1-19(37)32-28(31)33-29(35-40(38,39)25-16-13-20-7-5-6-10-23(20)17-25)36-18-26(21-8-3-2-4-9-21)27(34-36)22-11-14-24(30)15-12-22/h2-17,26H,18H2,1H3,(H3,31,32,33,35,37)/t26-/m0/s1. The average molecular weight is 573 g/mol. The Morgan fingerprint density at radius 1 is 0.975 bits per heavy atom. The van der Waals surface area contributed by atoms with Crippen molar-refractivity contribution in [1.82, 2.24) is 10.3 Å². The lowest BCUT2D eigenvalue weighted by Gasteiger charge is -2.16. The fraction of sp³-hybridized carbons (Fsp3) is 0.103. The molecule has 1 heterocycles. The van der Waals surface area contributed by atoms with Crippen molar-refractivity contribution in [1.29, 1.82) is 0 Å². The first kappa shape index (κ1) is 27.0. The van der Waals surface area contributed by atoms with Gasteiger partial charge in [0.2, 0.25) is 11.9 Å². The smallest absolute Gasteiger partial charge is 0.285 e. The van der Waals surface area contributed by atoms with Crippen LogP contribution in [0.5, 0.6) is 0 Å². The first-order valence-electron chi connectivity index (χ1n) is 12.3. The molecule has 0 bridgehead atoms. The lowest BCUT2D eigenvalue weighted by molar-refractivity contribution is -0.117. The largest absolute Gasteiger partial charge is 0.369 e. The third-order valence-electron chi connectivity index (χ3n) is 6.23. The number of carbonyl (C=O) groups excluding carboxylic acids is 1. The molecule has 9 nitrogen and oxygen atoms in total. The molecule has 1 amide bonds. The van der Waals surface area contributed by atoms with Crippen LogP contribution in [0.3, 0.4) is 0 Å². The minimum absolute atomic E-state index is 0.0160. The van der Waals surface area contributed by atoms with Gasteiger partial charge in [-0.15, -0.1) is 4.40 Å². The molecule has 202 valence electrons. The van der Waals surface area contributed by atoms with Crippen molar-refractivity contribution in [2.45, 2.75) is 17.7 Å². The van der Waals surface area contributed by atoms with Gasteiger partial charge < -0.3 is 5.73 Å². The van der Waals surface area contributed by atoms with Crippen molar-refractivity contribution in [3.8, 4) is 0 Å². The molecule has 3 N–H and O–H groups in total. The number of amides is 1. The van der Waals surface area contributed by atoms with E-state index in [1.807, 2.05) is 66.7 Å². The molecule has 4 aromatic rings. The molecule has 0 aromatic heterocycles. The summed E-state index contributed by atoms with van der Waals surface area (Å²) in [4.78, 5) is 15.8. The third-order valence-corrected chi connectivity index (χ3v) is 7.74. The molecule has 1 aliphatic rings. The van der Waals surface area contributed by atoms with Gasteiger partial charge in [0.1, 0.15) is 0 Å². The summed E-state index contributed by atoms with van der Waals surface area (Å²) in [6.07, 6.45) is 0. The van der Waals surface area contributed by atoms with E-state index in [0.29, 0.717) is 10.7 Å². The fourth-order valence-corrected chi connectivity index (χ4v) is 5.48. The number of benzene rings is 4. The Hall–Kier alpha value is -4.54. The Labute approximate surface area is 236 Å². The summed E-state index contributed by atoms with van der Waals surface area (Å²) in [7, 11) is -4.25. The van der Waals surface area contributed by atoms with Crippen molar-refractivity contribution in [2.75, 3.05) is 6.54 Å². The van der Waals surface area contributed by atoms with E-state index >= 15 is 0 Å². The van der Waals surface area contributed by atoms with Gasteiger partial charge in [-0.25, -0.2) is 5.01 Å². The zero-order valence-electron chi connectivity index (χ0n) is 21.4. The number of aliphatic imine (C=N–C) groups is 1. The normalized spacial score (nSPS) is 16.2. The molecular weight excluding hydrogens is 548 g/mol. The van der Waals surface area contributed by atoms with E-state index in [2.05, 4.69) is 14.7 Å². The van der Waals surface area contributed by atoms with E-state index in [4.69, 9.17) is 22.4 Å². The number of nitrogens with one attached hydrogen (secondary N) is 1. The van der Waals surface area contributed by atoms with Crippen molar-refractivity contribution in [3.63, 3.8) is 0 Å². The number of halogens is 1. The summed E-state index contributed by atoms with van der Waals surface area (Å²) in [6.45, 7) is 1.49. The predicted octanol–water partition coefficient (Wildman–Crippen LogP) is 4.49. The summed E-state index contributed by atoms with van der Waals surface area (Å²) >= 11 is 6.11. The Morgan fingerprint density at radius 3 is 2.35 bits per heavy atom. The van der Waals surface area contributed by atoms with E-state index in [-0.39, 0.29) is 29.3 Å². The van der Waals surface area contributed by atoms with Crippen molar-refractivity contribution in [3.05, 3.63) is 113 Å². The zero-order chi connectivity index (χ0) is 28.3. The van der Waals surface area contributed by atoms with Gasteiger partial charge in [-0.3, -0.25) is 10.1 Å². The average Bonchev–Trinajstić information content (AvgIpc) is 3.38. The number of sulfonamides is 1. The van der Waals surface area contributed by atoms with Crippen LogP contribution in [0.25, 0.3) is 10.8 Å². The van der Waals surface area contributed by atoms with Gasteiger partial charge in [0.25, 0.3) is 16.0 Å². The van der Waals surface area contributed by atoms with Gasteiger partial charge in [-0.1, -0.05) is 84.4 Å². The number of hydrogen-bond donors (Lipinski definition) is 2. The van der Waals surface area contributed by atoms with E-state index in [9.17, 15) is 13.2 Å². The molecule has 0 saturated carbocycles. The topological polar surface area (TPSA) is 130 Å². The highest BCUT2D eigenvalue weighted by molar-refractivity contribution is 7.90. The van der Waals surface area contributed by atoms with Crippen molar-refractivity contribution >= 4 is 55.9 Å². The molecule has 0 unspecified atom stereocenters. The lowest BCUT2D eigenvalue weighted by Crippen LogP contribution is -2.37. The summed E-state index contributed by atoms with van der Waals surface area (Å²) in [5, 5.41) is 10.7. The molecule has 0 fully saturated rings. The number of carbonyl (C=O) groups is 1. The Balaban J connectivity index is 1.62. The maximum absolute atomic E-state index is 13.5. The van der Waals surface area contributed by atoms with Gasteiger partial charge in [0.15, 0.2) is 0 Å². The molecule has 0 radical (unpaired) electrons. The van der Waals surface area contributed by atoms with Crippen LogP contribution in [0.15, 0.2) is 116 Å². The van der Waals surface area contributed by atoms with E-state index in [1.54, 1.807) is 24.3 Å². The lowest BCUT2D eigenvalue weighted by atomic mass is 9.91. The first-order chi connectivity index (χ1) is 19.2. The summed E-state index contributed by atoms with van der Waals surface area (Å²) in [6, 6.07) is 29.1. The van der Waals surface area contributed by atoms with E-state index < -0.39 is 15.9 Å². The number of hydrogen-bond acceptors (Lipinski definition) is 4. The van der Waals surface area contributed by atoms with E-state index in [0.717, 1.165) is 21.9 Å². The fourth-order valence-electron chi connectivity index (χ4n) is 4.38. The molecule has 0 spiro atoms. The summed E-state index contributed by atoms with van der Waals surface area (Å²) in [5.41, 5.74) is 8.38. The van der Waals surface area contributed by atoms with Gasteiger partial charge in [-0.05, 0) is 46.2 Å². The first-order valence-corrected chi connectivity index (χ1v) is 14.1. The number of rotatable bonds is 4. The second-order valence-electron chi connectivity index (χ2n) is 9.09. The van der Waals surface area contributed by atoms with Gasteiger partial charge in [0, 0.05) is 17.9 Å². The van der Waals surface area contributed by atoms with Gasteiger partial charge >= 0.3 is 0 Å². The van der Waals surface area contributed by atoms with Crippen LogP contribution in [-0.2, 0) is 14.8 Å². The van der Waals surface area contributed by atoms with Crippen LogP contribution in [0.2, 0.25) is 5.02 Å². The predicted molar refractivity (Wildman–Crippen MR) is 158 cm³/mol. The van der Waals surface area contributed by atoms with Crippen LogP contribution in [0.1, 0.15) is 24.0 Å². The molecule has 1 aliphatic heterocycles. The van der Waals surface area contributed by atoms with Crippen LogP contribution in [0, 0.1) is 0 Å². The molecule has 40 heavy (non-hydrogen) atoms. The molecule has 5 rings (SSSR count). The molecule has 11 heteroatoms. The Kier molecular flexibility index (Phi) is 7.63. The van der Waals surface area contributed by atoms with E-state index in [1.165, 1.54) is 18.0 Å². The number of guanidine groups is 2. The third kappa shape index (κ3) is 6.03. The van der Waals surface area contributed by atoms with Crippen LogP contribution in [0.4, 0.5) is 0 Å². The molecule has 1 atom stereocenters. The van der Waals surface area contributed by atoms with Crippen LogP contribution in [-0.4, -0.2) is 43.5 Å². The highest BCUT2D eigenvalue weighted by atomic mass is 35.5. The number of hydrazone groups is 1. The van der Waals surface area contributed by atoms with Crippen molar-refractivity contribution in [2.24, 2.45) is 20.2 Å². The highest BCUT2D eigenvalue weighted by Gasteiger charge is 2.33. The second kappa shape index (κ2) is 11.3. The summed E-state index contributed by atoms with van der Waals surface area (Å²) in [5.74, 6) is -1.31. The quantitative estimate of drug-likeness (QED) is 0.275. The van der Waals surface area contributed by atoms with Crippen molar-refractivity contribution < 1.29 is 13.2 Å². The Morgan fingerprint density at radius 2 is 1.65 bits per heavy atom. The molecular formula is C29H25ClN6O3S. The number of fused-ring (bicyclic) bond motifs is 1. The molecule has 0 aliphatic carbocycles. The number of nitrogens with zero attached hydrogens (tertiary/aromatic N) is 4. The van der Waals surface area contributed by atoms with Crippen LogP contribution >= 0.6 is 11.6 Å². The SMILES string of the molecule is CC(=O)N/C(N)=N/C(=N/S(=O)(=O)c1ccc2ccccc2c1)N1C[C@@H](c2ccccc2)C(c2ccc(Cl)cc2)=N1. The number of nitrogens with two attached hydrogens (primary N) is 1. The Bertz CT molecular complexity index is 1770. The zero-order valence-corrected chi connectivity index (χ0v) is 23.0. The highest BCUT2D eigenvalue weighted by Crippen LogP contribution is 2.30. The maximum Gasteiger partial charge on any atom is 0.285 e. The van der Waals surface area contributed by atoms with Crippen LogP contribution < -0.4 is 11.1 Å². The van der Waals surface area contributed by atoms with Gasteiger partial charge in [0.05, 0.1) is 17.2 Å². The van der Waals surface area contributed by atoms with Gasteiger partial charge in [-0.2, -0.15) is 18.5 Å². The minimum atomic E-state index is -4.25. The summed E-state index contributed by atoms with van der Waals surface area (Å²) < 4.78 is 31.1. The monoisotopic (exact) mass is 572 g/mol. The second-order valence-corrected chi connectivity index (χ2v) is 11.1. The minimum Gasteiger partial charge on any atom is -0.369 e. The molecule has 0 saturated heterocycles. The maximum atomic E-state index is 13.5.